The summed E-state index contributed by atoms with van der Waals surface area (Å²) < 4.78 is 0. The Hall–Kier alpha value is -0.890. The molecule has 1 unspecified atom stereocenters. The Morgan fingerprint density at radius 3 is 2.65 bits per heavy atom. The maximum atomic E-state index is 12.3. The van der Waals surface area contributed by atoms with E-state index < -0.39 is 11.6 Å². The molecule has 3 fully saturated rings. The van der Waals surface area contributed by atoms with Gasteiger partial charge in [-0.15, -0.1) is 0 Å². The quantitative estimate of drug-likeness (QED) is 0.446. The zero-order chi connectivity index (χ0) is 16.3. The van der Waals surface area contributed by atoms with E-state index in [-0.39, 0.29) is 11.8 Å². The topological polar surface area (TPSA) is 78.5 Å². The number of hydrogen-bond donors (Lipinski definition) is 2. The third-order valence-electron chi connectivity index (χ3n) is 4.88. The molecular weight excluding hydrogens is 334 g/mol. The molecule has 0 saturated carbocycles. The molecule has 1 atom stereocenters. The predicted octanol–water partition coefficient (Wildman–Crippen LogP) is 1.90. The Kier molecular flexibility index (Phi) is 5.41. The van der Waals surface area contributed by atoms with E-state index in [0.29, 0.717) is 32.4 Å². The number of rotatable bonds is 5. The van der Waals surface area contributed by atoms with Crippen molar-refractivity contribution in [1.29, 1.82) is 0 Å². The maximum absolute atomic E-state index is 12.3. The lowest BCUT2D eigenvalue weighted by Gasteiger charge is -2.37. The molecule has 8 heteroatoms. The first kappa shape index (κ1) is 17.0. The minimum Gasteiger partial charge on any atom is -0.342 e. The van der Waals surface area contributed by atoms with Gasteiger partial charge in [0.15, 0.2) is 0 Å². The first-order valence-corrected chi connectivity index (χ1v) is 10.7. The summed E-state index contributed by atoms with van der Waals surface area (Å²) in [5, 5.41) is 5.79. The average Bonchev–Trinajstić information content (AvgIpc) is 3.13. The van der Waals surface area contributed by atoms with Crippen molar-refractivity contribution in [1.82, 2.24) is 15.5 Å². The van der Waals surface area contributed by atoms with Crippen LogP contribution in [0.15, 0.2) is 0 Å². The third kappa shape index (κ3) is 3.96. The van der Waals surface area contributed by atoms with E-state index in [1.54, 1.807) is 0 Å². The van der Waals surface area contributed by atoms with Gasteiger partial charge in [0.1, 0.15) is 5.54 Å². The molecule has 0 bridgehead atoms. The molecule has 3 aliphatic rings. The van der Waals surface area contributed by atoms with Crippen LogP contribution >= 0.6 is 21.6 Å². The molecule has 6 nitrogen and oxygen atoms in total. The summed E-state index contributed by atoms with van der Waals surface area (Å²) in [6, 6.07) is -0.419. The van der Waals surface area contributed by atoms with Crippen LogP contribution in [0.4, 0.5) is 4.79 Å². The molecule has 3 rings (SSSR count). The van der Waals surface area contributed by atoms with Gasteiger partial charge in [0.05, 0.1) is 0 Å². The van der Waals surface area contributed by atoms with Crippen LogP contribution in [-0.2, 0) is 9.59 Å². The Labute approximate surface area is 144 Å². The van der Waals surface area contributed by atoms with Crippen LogP contribution in [0.3, 0.4) is 0 Å². The molecule has 0 aromatic heterocycles. The van der Waals surface area contributed by atoms with Crippen LogP contribution in [0.5, 0.6) is 0 Å². The summed E-state index contributed by atoms with van der Waals surface area (Å²) in [5.74, 6) is 1.19. The number of hydrogen-bond acceptors (Lipinski definition) is 5. The lowest BCUT2D eigenvalue weighted by Crippen LogP contribution is -2.55. The predicted molar refractivity (Wildman–Crippen MR) is 92.1 cm³/mol. The molecule has 128 valence electrons. The van der Waals surface area contributed by atoms with E-state index in [2.05, 4.69) is 10.6 Å². The van der Waals surface area contributed by atoms with Gasteiger partial charge < -0.3 is 10.2 Å². The van der Waals surface area contributed by atoms with Crippen molar-refractivity contribution in [3.05, 3.63) is 0 Å². The smallest absolute Gasteiger partial charge is 0.322 e. The van der Waals surface area contributed by atoms with Crippen LogP contribution < -0.4 is 10.6 Å². The van der Waals surface area contributed by atoms with Gasteiger partial charge >= 0.3 is 6.03 Å². The second-order valence-electron chi connectivity index (χ2n) is 6.45. The number of unbranched alkanes of at least 4 members (excludes halogenated alkanes) is 1. The Bertz CT molecular complexity index is 486. The number of nitrogens with one attached hydrogen (secondary N) is 2. The molecule has 4 amide bonds. The van der Waals surface area contributed by atoms with Crippen molar-refractivity contribution in [2.75, 3.05) is 18.8 Å². The van der Waals surface area contributed by atoms with Crippen molar-refractivity contribution in [3.8, 4) is 0 Å². The zero-order valence-electron chi connectivity index (χ0n) is 13.1. The standard InChI is InChI=1S/C15H23N3O3S2/c19-12(4-2-1-3-11-5-10-22-23-11)18-8-6-15(7-9-18)13(20)16-14(21)17-15/h11H,1-10H2,(H2,16,17,20,21). The average molecular weight is 358 g/mol. The first-order valence-electron chi connectivity index (χ1n) is 8.29. The van der Waals surface area contributed by atoms with E-state index >= 15 is 0 Å². The lowest BCUT2D eigenvalue weighted by molar-refractivity contribution is -0.135. The molecule has 0 aliphatic carbocycles. The lowest BCUT2D eigenvalue weighted by atomic mass is 9.87. The number of urea groups is 1. The van der Waals surface area contributed by atoms with E-state index in [1.165, 1.54) is 18.6 Å². The largest absolute Gasteiger partial charge is 0.342 e. The van der Waals surface area contributed by atoms with Crippen molar-refractivity contribution in [3.63, 3.8) is 0 Å². The highest BCUT2D eigenvalue weighted by atomic mass is 33.1. The summed E-state index contributed by atoms with van der Waals surface area (Å²) in [6.45, 7) is 1.09. The van der Waals surface area contributed by atoms with E-state index in [0.717, 1.165) is 18.1 Å². The van der Waals surface area contributed by atoms with Gasteiger partial charge in [0, 0.05) is 30.5 Å². The highest BCUT2D eigenvalue weighted by molar-refractivity contribution is 8.77. The molecular formula is C15H23N3O3S2. The van der Waals surface area contributed by atoms with Gasteiger partial charge in [0.2, 0.25) is 5.91 Å². The van der Waals surface area contributed by atoms with Crippen LogP contribution in [-0.4, -0.2) is 52.4 Å². The fraction of sp³-hybridized carbons (Fsp3) is 0.800. The van der Waals surface area contributed by atoms with E-state index in [9.17, 15) is 14.4 Å². The summed E-state index contributed by atoms with van der Waals surface area (Å²) in [5.41, 5.74) is -0.786. The number of nitrogens with zero attached hydrogens (tertiary/aromatic N) is 1. The van der Waals surface area contributed by atoms with E-state index in [1.807, 2.05) is 26.5 Å². The number of carbonyl (C=O) groups excluding carboxylic acids is 3. The minimum absolute atomic E-state index is 0.179. The summed E-state index contributed by atoms with van der Waals surface area (Å²) in [4.78, 5) is 37.3. The number of imide groups is 1. The van der Waals surface area contributed by atoms with Gasteiger partial charge in [-0.25, -0.2) is 4.79 Å². The number of likely N-dealkylation sites (tertiary alicyclic amines) is 1. The fourth-order valence-electron chi connectivity index (χ4n) is 3.39. The van der Waals surface area contributed by atoms with Gasteiger partial charge in [-0.1, -0.05) is 28.0 Å². The molecule has 0 aromatic rings. The minimum atomic E-state index is -0.786. The number of amides is 4. The normalized spacial score (nSPS) is 26.4. The number of carbonyl (C=O) groups is 3. The molecule has 3 saturated heterocycles. The van der Waals surface area contributed by atoms with Crippen molar-refractivity contribution in [2.45, 2.75) is 55.7 Å². The second-order valence-corrected chi connectivity index (χ2v) is 9.23. The third-order valence-corrected chi connectivity index (χ3v) is 7.89. The van der Waals surface area contributed by atoms with Crippen molar-refractivity contribution in [2.24, 2.45) is 0 Å². The van der Waals surface area contributed by atoms with Crippen LogP contribution in [0.25, 0.3) is 0 Å². The zero-order valence-corrected chi connectivity index (χ0v) is 14.8. The Balaban J connectivity index is 1.36. The highest BCUT2D eigenvalue weighted by Gasteiger charge is 2.48. The van der Waals surface area contributed by atoms with Crippen molar-refractivity contribution >= 4 is 39.4 Å². The fourth-order valence-corrected chi connectivity index (χ4v) is 6.42. The van der Waals surface area contributed by atoms with Crippen LogP contribution in [0.1, 0.15) is 44.9 Å². The molecule has 23 heavy (non-hydrogen) atoms. The van der Waals surface area contributed by atoms with Gasteiger partial charge in [-0.3, -0.25) is 14.9 Å². The van der Waals surface area contributed by atoms with Crippen LogP contribution in [0, 0.1) is 0 Å². The molecule has 1 spiro atoms. The van der Waals surface area contributed by atoms with Gasteiger partial charge in [-0.05, 0) is 32.1 Å². The van der Waals surface area contributed by atoms with Crippen molar-refractivity contribution < 1.29 is 14.4 Å². The molecule has 0 aromatic carbocycles. The van der Waals surface area contributed by atoms with Crippen LogP contribution in [0.2, 0.25) is 0 Å². The Morgan fingerprint density at radius 1 is 1.26 bits per heavy atom. The first-order chi connectivity index (χ1) is 11.1. The SMILES string of the molecule is O=C1NC(=O)C2(CCN(C(=O)CCCCC3CCSS3)CC2)N1. The molecule has 3 heterocycles. The molecule has 0 radical (unpaired) electrons. The highest BCUT2D eigenvalue weighted by Crippen LogP contribution is 2.39. The number of piperidine rings is 1. The monoisotopic (exact) mass is 357 g/mol. The molecule has 2 N–H and O–H groups in total. The summed E-state index contributed by atoms with van der Waals surface area (Å²) >= 11 is 0. The second kappa shape index (κ2) is 7.34. The Morgan fingerprint density at radius 2 is 2.04 bits per heavy atom. The summed E-state index contributed by atoms with van der Waals surface area (Å²) in [7, 11) is 3.95. The summed E-state index contributed by atoms with van der Waals surface area (Å²) in [6.07, 6.45) is 6.17. The maximum Gasteiger partial charge on any atom is 0.322 e. The molecule has 3 aliphatic heterocycles. The van der Waals surface area contributed by atoms with Gasteiger partial charge in [-0.2, -0.15) is 0 Å². The van der Waals surface area contributed by atoms with E-state index in [4.69, 9.17) is 0 Å². The van der Waals surface area contributed by atoms with Gasteiger partial charge in [0.25, 0.3) is 5.91 Å².